The Labute approximate surface area is 240 Å². The average molecular weight is 575 g/mol. The van der Waals surface area contributed by atoms with Crippen molar-refractivity contribution in [2.45, 2.75) is 38.3 Å². The summed E-state index contributed by atoms with van der Waals surface area (Å²) in [4.78, 5) is 9.71. The summed E-state index contributed by atoms with van der Waals surface area (Å²) in [5, 5.41) is 11.7. The molecule has 2 saturated heterocycles. The molecule has 0 bridgehead atoms. The lowest BCUT2D eigenvalue weighted by molar-refractivity contribution is 0.190. The van der Waals surface area contributed by atoms with Crippen molar-refractivity contribution in [3.63, 3.8) is 0 Å². The van der Waals surface area contributed by atoms with Crippen molar-refractivity contribution in [1.82, 2.24) is 20.5 Å². The molecule has 0 atom stereocenters. The van der Waals surface area contributed by atoms with Gasteiger partial charge < -0.3 is 20.3 Å². The fraction of sp³-hybridized carbons (Fsp3) is 0.483. The Morgan fingerprint density at radius 2 is 1.76 bits per heavy atom. The molecule has 9 heteroatoms. The second-order valence-corrected chi connectivity index (χ2v) is 11.7. The minimum Gasteiger partial charge on any atom is -0.494 e. The van der Waals surface area contributed by atoms with Gasteiger partial charge in [-0.1, -0.05) is 29.3 Å². The molecule has 2 aliphatic rings. The van der Waals surface area contributed by atoms with Gasteiger partial charge in [0.15, 0.2) is 5.13 Å². The van der Waals surface area contributed by atoms with E-state index < -0.39 is 0 Å². The molecule has 0 spiro atoms. The molecule has 0 unspecified atom stereocenters. The second kappa shape index (κ2) is 14.0. The summed E-state index contributed by atoms with van der Waals surface area (Å²) >= 11 is 13.9. The van der Waals surface area contributed by atoms with E-state index in [1.807, 2.05) is 12.1 Å². The van der Waals surface area contributed by atoms with E-state index in [0.717, 1.165) is 93.9 Å². The van der Waals surface area contributed by atoms with Crippen molar-refractivity contribution in [2.24, 2.45) is 0 Å². The first-order valence-electron chi connectivity index (χ1n) is 13.7. The predicted molar refractivity (Wildman–Crippen MR) is 160 cm³/mol. The number of likely N-dealkylation sites (tertiary alicyclic amines) is 1. The summed E-state index contributed by atoms with van der Waals surface area (Å²) in [6.45, 7) is 9.03. The van der Waals surface area contributed by atoms with E-state index in [1.165, 1.54) is 18.4 Å². The molecule has 0 amide bonds. The number of halogens is 2. The van der Waals surface area contributed by atoms with Gasteiger partial charge in [0.25, 0.3) is 0 Å². The number of rotatable bonds is 11. The zero-order valence-electron chi connectivity index (χ0n) is 21.8. The van der Waals surface area contributed by atoms with Gasteiger partial charge in [-0.25, -0.2) is 4.98 Å². The zero-order chi connectivity index (χ0) is 26.2. The Morgan fingerprint density at radius 3 is 2.53 bits per heavy atom. The van der Waals surface area contributed by atoms with Gasteiger partial charge >= 0.3 is 0 Å². The van der Waals surface area contributed by atoms with Gasteiger partial charge in [-0.2, -0.15) is 0 Å². The van der Waals surface area contributed by atoms with Gasteiger partial charge in [-0.05, 0) is 87.3 Å². The smallest absolute Gasteiger partial charge is 0.185 e. The van der Waals surface area contributed by atoms with Gasteiger partial charge in [0.2, 0.25) is 0 Å². The fourth-order valence-corrected chi connectivity index (χ4v) is 6.24. The van der Waals surface area contributed by atoms with Gasteiger partial charge in [0.05, 0.1) is 22.3 Å². The van der Waals surface area contributed by atoms with Crippen molar-refractivity contribution < 1.29 is 4.74 Å². The molecule has 38 heavy (non-hydrogen) atoms. The quantitative estimate of drug-likeness (QED) is 0.277. The second-order valence-electron chi connectivity index (χ2n) is 10.1. The van der Waals surface area contributed by atoms with E-state index >= 15 is 0 Å². The average Bonchev–Trinajstić information content (AvgIpc) is 3.45. The summed E-state index contributed by atoms with van der Waals surface area (Å²) in [6.07, 6.45) is 4.53. The standard InChI is InChI=1S/C29H37Cl2N5OS/c30-26-8-3-22(19-27(26)31)20-35-14-9-24(10-15-35)33-11-1-2-18-37-25-6-4-23(5-7-25)28-21-38-29(34-28)36-16-12-32-13-17-36/h3-8,19,21,24,32-33H,1-2,9-18,20H2. The number of thiazole rings is 1. The lowest BCUT2D eigenvalue weighted by atomic mass is 10.0. The summed E-state index contributed by atoms with van der Waals surface area (Å²) in [5.41, 5.74) is 3.41. The van der Waals surface area contributed by atoms with Crippen molar-refractivity contribution in [1.29, 1.82) is 0 Å². The lowest BCUT2D eigenvalue weighted by Crippen LogP contribution is -2.43. The van der Waals surface area contributed by atoms with E-state index in [0.29, 0.717) is 16.1 Å². The molecule has 2 aromatic carbocycles. The van der Waals surface area contributed by atoms with E-state index in [2.05, 4.69) is 56.1 Å². The van der Waals surface area contributed by atoms with Crippen molar-refractivity contribution in [3.8, 4) is 17.0 Å². The van der Waals surface area contributed by atoms with E-state index in [-0.39, 0.29) is 0 Å². The number of piperazine rings is 1. The molecule has 0 aliphatic carbocycles. The molecular weight excluding hydrogens is 537 g/mol. The van der Waals surface area contributed by atoms with Crippen LogP contribution in [-0.2, 0) is 6.54 Å². The SMILES string of the molecule is Clc1ccc(CN2CCC(NCCCCOc3ccc(-c4csc(N5CCNCC5)n4)cc3)CC2)cc1Cl. The molecule has 2 aliphatic heterocycles. The van der Waals surface area contributed by atoms with Crippen LogP contribution in [0, 0.1) is 0 Å². The van der Waals surface area contributed by atoms with Crippen LogP contribution in [-0.4, -0.2) is 68.3 Å². The minimum absolute atomic E-state index is 0.603. The number of hydrogen-bond donors (Lipinski definition) is 2. The molecule has 3 heterocycles. The monoisotopic (exact) mass is 573 g/mol. The third-order valence-corrected chi connectivity index (χ3v) is 8.92. The fourth-order valence-electron chi connectivity index (χ4n) is 5.03. The Bertz CT molecular complexity index is 1140. The highest BCUT2D eigenvalue weighted by atomic mass is 35.5. The molecule has 2 fully saturated rings. The number of benzene rings is 2. The predicted octanol–water partition coefficient (Wildman–Crippen LogP) is 5.94. The molecule has 2 N–H and O–H groups in total. The third kappa shape index (κ3) is 7.84. The highest BCUT2D eigenvalue weighted by Gasteiger charge is 2.19. The number of aromatic nitrogens is 1. The van der Waals surface area contributed by atoms with Crippen LogP contribution >= 0.6 is 34.5 Å². The van der Waals surface area contributed by atoms with Crippen LogP contribution in [0.5, 0.6) is 5.75 Å². The minimum atomic E-state index is 0.603. The molecule has 3 aromatic rings. The molecule has 1 aromatic heterocycles. The molecule has 5 rings (SSSR count). The number of hydrogen-bond acceptors (Lipinski definition) is 7. The molecular formula is C29H37Cl2N5OS. The van der Waals surface area contributed by atoms with Gasteiger partial charge in [0, 0.05) is 49.7 Å². The lowest BCUT2D eigenvalue weighted by Gasteiger charge is -2.32. The molecule has 0 radical (unpaired) electrons. The third-order valence-electron chi connectivity index (χ3n) is 7.28. The summed E-state index contributed by atoms with van der Waals surface area (Å²) in [5.74, 6) is 0.925. The molecule has 6 nitrogen and oxygen atoms in total. The van der Waals surface area contributed by atoms with Gasteiger partial charge in [0.1, 0.15) is 5.75 Å². The highest BCUT2D eigenvalue weighted by molar-refractivity contribution is 7.14. The number of unbranched alkanes of at least 4 members (excludes halogenated alkanes) is 1. The van der Waals surface area contributed by atoms with Crippen molar-refractivity contribution in [3.05, 3.63) is 63.5 Å². The Hall–Kier alpha value is -1.87. The van der Waals surface area contributed by atoms with Crippen LogP contribution in [0.1, 0.15) is 31.2 Å². The Morgan fingerprint density at radius 1 is 0.974 bits per heavy atom. The topological polar surface area (TPSA) is 52.7 Å². The van der Waals surface area contributed by atoms with E-state index in [4.69, 9.17) is 32.9 Å². The Kier molecular flexibility index (Phi) is 10.2. The maximum atomic E-state index is 6.16. The largest absolute Gasteiger partial charge is 0.494 e. The first-order valence-corrected chi connectivity index (χ1v) is 15.3. The normalized spacial score (nSPS) is 17.2. The number of piperidine rings is 1. The number of nitrogens with one attached hydrogen (secondary N) is 2. The van der Waals surface area contributed by atoms with Crippen LogP contribution in [0.2, 0.25) is 10.0 Å². The van der Waals surface area contributed by atoms with Crippen LogP contribution < -0.4 is 20.3 Å². The Balaban J connectivity index is 0.945. The number of nitrogens with zero attached hydrogens (tertiary/aromatic N) is 3. The van der Waals surface area contributed by atoms with Gasteiger partial charge in [-0.15, -0.1) is 11.3 Å². The van der Waals surface area contributed by atoms with Crippen LogP contribution in [0.4, 0.5) is 5.13 Å². The number of anilines is 1. The van der Waals surface area contributed by atoms with Crippen molar-refractivity contribution >= 4 is 39.7 Å². The van der Waals surface area contributed by atoms with Crippen LogP contribution in [0.25, 0.3) is 11.3 Å². The summed E-state index contributed by atoms with van der Waals surface area (Å²) < 4.78 is 5.99. The van der Waals surface area contributed by atoms with Gasteiger partial charge in [-0.3, -0.25) is 4.90 Å². The summed E-state index contributed by atoms with van der Waals surface area (Å²) in [7, 11) is 0. The molecule has 204 valence electrons. The maximum Gasteiger partial charge on any atom is 0.185 e. The summed E-state index contributed by atoms with van der Waals surface area (Å²) in [6, 6.07) is 14.9. The zero-order valence-corrected chi connectivity index (χ0v) is 24.1. The van der Waals surface area contributed by atoms with Crippen LogP contribution in [0.3, 0.4) is 0 Å². The van der Waals surface area contributed by atoms with Crippen LogP contribution in [0.15, 0.2) is 47.8 Å². The maximum absolute atomic E-state index is 6.16. The first-order chi connectivity index (χ1) is 18.6. The number of ether oxygens (including phenoxy) is 1. The molecule has 0 saturated carbocycles. The van der Waals surface area contributed by atoms with Crippen molar-refractivity contribution in [2.75, 3.05) is 57.3 Å². The first kappa shape index (κ1) is 27.7. The van der Waals surface area contributed by atoms with E-state index in [9.17, 15) is 0 Å². The van der Waals surface area contributed by atoms with E-state index in [1.54, 1.807) is 11.3 Å². The highest BCUT2D eigenvalue weighted by Crippen LogP contribution is 2.29.